The van der Waals surface area contributed by atoms with Crippen molar-refractivity contribution >= 4 is 34.1 Å². The second kappa shape index (κ2) is 6.49. The Morgan fingerprint density at radius 3 is 2.85 bits per heavy atom. The minimum absolute atomic E-state index is 0.0125. The van der Waals surface area contributed by atoms with Crippen molar-refractivity contribution in [2.45, 2.75) is 18.9 Å². The lowest BCUT2D eigenvalue weighted by molar-refractivity contribution is 0.0732. The van der Waals surface area contributed by atoms with Crippen molar-refractivity contribution in [3.05, 3.63) is 51.8 Å². The smallest absolute Gasteiger partial charge is 0.270 e. The van der Waals surface area contributed by atoms with Gasteiger partial charge in [0.05, 0.1) is 18.0 Å². The number of likely N-dealkylation sites (tertiary alicyclic amines) is 1. The molecule has 1 aliphatic heterocycles. The van der Waals surface area contributed by atoms with Crippen LogP contribution < -0.4 is 10.5 Å². The third-order valence-electron chi connectivity index (χ3n) is 4.77. The molecule has 26 heavy (non-hydrogen) atoms. The number of methoxy groups -OCH3 is 1. The molecule has 134 valence electrons. The van der Waals surface area contributed by atoms with Crippen molar-refractivity contribution in [1.29, 1.82) is 0 Å². The molecular formula is C19H19N3O3S. The van der Waals surface area contributed by atoms with E-state index in [1.807, 2.05) is 35.2 Å². The van der Waals surface area contributed by atoms with Crippen LogP contribution in [0.4, 0.5) is 0 Å². The predicted octanol–water partition coefficient (Wildman–Crippen LogP) is 3.31. The summed E-state index contributed by atoms with van der Waals surface area (Å²) in [4.78, 5) is 31.0. The van der Waals surface area contributed by atoms with Gasteiger partial charge in [-0.05, 0) is 49.2 Å². The molecule has 3 N–H and O–H groups in total. The van der Waals surface area contributed by atoms with Crippen LogP contribution in [0, 0.1) is 0 Å². The molecule has 6 nitrogen and oxygen atoms in total. The minimum atomic E-state index is -0.429. The highest BCUT2D eigenvalue weighted by atomic mass is 32.1. The molecule has 1 aliphatic rings. The van der Waals surface area contributed by atoms with Gasteiger partial charge in [0.15, 0.2) is 0 Å². The molecule has 2 aromatic heterocycles. The van der Waals surface area contributed by atoms with Crippen LogP contribution in [-0.4, -0.2) is 35.4 Å². The summed E-state index contributed by atoms with van der Waals surface area (Å²) < 4.78 is 5.24. The second-order valence-electron chi connectivity index (χ2n) is 6.36. The number of aromatic amines is 1. The average molecular weight is 369 g/mol. The fourth-order valence-corrected chi connectivity index (χ4v) is 4.49. The van der Waals surface area contributed by atoms with Crippen LogP contribution in [0.2, 0.25) is 0 Å². The van der Waals surface area contributed by atoms with Crippen LogP contribution >= 0.6 is 11.3 Å². The van der Waals surface area contributed by atoms with E-state index in [1.54, 1.807) is 13.2 Å². The number of carbonyl (C=O) groups excluding carboxylic acids is 2. The number of amides is 2. The molecule has 0 aliphatic carbocycles. The number of primary amides is 1. The van der Waals surface area contributed by atoms with Crippen LogP contribution in [0.1, 0.15) is 43.9 Å². The Morgan fingerprint density at radius 2 is 2.12 bits per heavy atom. The Kier molecular flexibility index (Phi) is 4.16. The summed E-state index contributed by atoms with van der Waals surface area (Å²) in [5.41, 5.74) is 6.82. The maximum atomic E-state index is 13.1. The summed E-state index contributed by atoms with van der Waals surface area (Å²) >= 11 is 1.37. The lowest BCUT2D eigenvalue weighted by Gasteiger charge is -2.23. The molecule has 3 heterocycles. The van der Waals surface area contributed by atoms with E-state index < -0.39 is 5.91 Å². The van der Waals surface area contributed by atoms with Gasteiger partial charge in [-0.1, -0.05) is 0 Å². The number of aromatic nitrogens is 1. The van der Waals surface area contributed by atoms with Gasteiger partial charge in [-0.25, -0.2) is 0 Å². The minimum Gasteiger partial charge on any atom is -0.497 e. The van der Waals surface area contributed by atoms with Gasteiger partial charge in [0.25, 0.3) is 11.8 Å². The fraction of sp³-hybridized carbons (Fsp3) is 0.263. The van der Waals surface area contributed by atoms with Crippen molar-refractivity contribution in [2.75, 3.05) is 13.7 Å². The molecule has 1 aromatic carbocycles. The highest BCUT2D eigenvalue weighted by Crippen LogP contribution is 2.37. The lowest BCUT2D eigenvalue weighted by atomic mass is 10.2. The molecule has 0 bridgehead atoms. The number of fused-ring (bicyclic) bond motifs is 1. The molecule has 0 spiro atoms. The van der Waals surface area contributed by atoms with Crippen molar-refractivity contribution in [1.82, 2.24) is 9.88 Å². The number of H-pyrrole nitrogens is 1. The van der Waals surface area contributed by atoms with Crippen LogP contribution in [0.15, 0.2) is 36.4 Å². The number of nitrogens with one attached hydrogen (secondary N) is 1. The van der Waals surface area contributed by atoms with E-state index in [-0.39, 0.29) is 11.9 Å². The molecular weight excluding hydrogens is 350 g/mol. The monoisotopic (exact) mass is 369 g/mol. The quantitative estimate of drug-likeness (QED) is 0.739. The van der Waals surface area contributed by atoms with Crippen LogP contribution in [-0.2, 0) is 0 Å². The first-order valence-electron chi connectivity index (χ1n) is 8.44. The zero-order valence-electron chi connectivity index (χ0n) is 14.3. The topological polar surface area (TPSA) is 88.4 Å². The van der Waals surface area contributed by atoms with E-state index >= 15 is 0 Å². The summed E-state index contributed by atoms with van der Waals surface area (Å²) in [6.07, 6.45) is 1.83. The van der Waals surface area contributed by atoms with Crippen LogP contribution in [0.25, 0.3) is 10.9 Å². The van der Waals surface area contributed by atoms with Crippen LogP contribution in [0.3, 0.4) is 0 Å². The molecule has 0 radical (unpaired) electrons. The predicted molar refractivity (Wildman–Crippen MR) is 101 cm³/mol. The molecule has 0 saturated carbocycles. The lowest BCUT2D eigenvalue weighted by Crippen LogP contribution is -2.30. The highest BCUT2D eigenvalue weighted by molar-refractivity contribution is 7.14. The third-order valence-corrected chi connectivity index (χ3v) is 5.97. The fourth-order valence-electron chi connectivity index (χ4n) is 3.48. The Labute approximate surface area is 154 Å². The zero-order chi connectivity index (χ0) is 18.3. The Morgan fingerprint density at radius 1 is 1.27 bits per heavy atom. The molecule has 3 aromatic rings. The normalized spacial score (nSPS) is 17.0. The third kappa shape index (κ3) is 2.84. The first-order chi connectivity index (χ1) is 12.6. The van der Waals surface area contributed by atoms with E-state index in [4.69, 9.17) is 10.5 Å². The summed E-state index contributed by atoms with van der Waals surface area (Å²) in [5.74, 6) is 0.297. The molecule has 1 atom stereocenters. The van der Waals surface area contributed by atoms with Gasteiger partial charge in [0.2, 0.25) is 0 Å². The first-order valence-corrected chi connectivity index (χ1v) is 9.26. The SMILES string of the molecule is COc1ccc2[nH]c(C(=O)N3CCC[C@H]3c3ccc(C(N)=O)s3)cc2c1. The maximum absolute atomic E-state index is 13.1. The molecule has 1 saturated heterocycles. The van der Waals surface area contributed by atoms with Crippen molar-refractivity contribution in [2.24, 2.45) is 5.73 Å². The van der Waals surface area contributed by atoms with E-state index in [1.165, 1.54) is 11.3 Å². The number of nitrogens with two attached hydrogens (primary N) is 1. The van der Waals surface area contributed by atoms with Crippen molar-refractivity contribution < 1.29 is 14.3 Å². The molecule has 7 heteroatoms. The number of hydrogen-bond acceptors (Lipinski definition) is 4. The van der Waals surface area contributed by atoms with Gasteiger partial charge in [-0.15, -0.1) is 11.3 Å². The van der Waals surface area contributed by atoms with E-state index in [0.717, 1.165) is 34.4 Å². The van der Waals surface area contributed by atoms with E-state index in [2.05, 4.69) is 4.98 Å². The van der Waals surface area contributed by atoms with Crippen molar-refractivity contribution in [3.63, 3.8) is 0 Å². The Hall–Kier alpha value is -2.80. The van der Waals surface area contributed by atoms with E-state index in [0.29, 0.717) is 17.1 Å². The Balaban J connectivity index is 1.62. The molecule has 4 rings (SSSR count). The first kappa shape index (κ1) is 16.7. The summed E-state index contributed by atoms with van der Waals surface area (Å²) in [5, 5.41) is 0.940. The Bertz CT molecular complexity index is 991. The molecule has 2 amide bonds. The van der Waals surface area contributed by atoms with Gasteiger partial charge in [0.1, 0.15) is 11.4 Å². The van der Waals surface area contributed by atoms with Gasteiger partial charge >= 0.3 is 0 Å². The highest BCUT2D eigenvalue weighted by Gasteiger charge is 2.32. The number of ether oxygens (including phenoxy) is 1. The second-order valence-corrected chi connectivity index (χ2v) is 7.47. The largest absolute Gasteiger partial charge is 0.497 e. The summed E-state index contributed by atoms with van der Waals surface area (Å²) in [6.45, 7) is 0.700. The van der Waals surface area contributed by atoms with Crippen LogP contribution in [0.5, 0.6) is 5.75 Å². The van der Waals surface area contributed by atoms with E-state index in [9.17, 15) is 9.59 Å². The van der Waals surface area contributed by atoms with Crippen molar-refractivity contribution in [3.8, 4) is 5.75 Å². The summed E-state index contributed by atoms with van der Waals surface area (Å²) in [7, 11) is 1.62. The van der Waals surface area contributed by atoms with Gasteiger partial charge in [0, 0.05) is 22.3 Å². The number of rotatable bonds is 4. The van der Waals surface area contributed by atoms with Gasteiger partial charge in [-0.3, -0.25) is 9.59 Å². The summed E-state index contributed by atoms with van der Waals surface area (Å²) in [6, 6.07) is 11.2. The molecule has 1 fully saturated rings. The number of benzene rings is 1. The molecule has 0 unspecified atom stereocenters. The zero-order valence-corrected chi connectivity index (χ0v) is 15.1. The number of carbonyl (C=O) groups is 2. The number of thiophene rings is 1. The van der Waals surface area contributed by atoms with Gasteiger partial charge < -0.3 is 20.4 Å². The standard InChI is InChI=1S/C19H19N3O3S/c1-25-12-4-5-13-11(9-12)10-14(21-13)19(24)22-8-2-3-15(22)16-6-7-17(26-16)18(20)23/h4-7,9-10,15,21H,2-3,8H2,1H3,(H2,20,23)/t15-/m0/s1. The average Bonchev–Trinajstić information content (AvgIpc) is 3.37. The maximum Gasteiger partial charge on any atom is 0.270 e. The number of nitrogens with zero attached hydrogens (tertiary/aromatic N) is 1. The van der Waals surface area contributed by atoms with Gasteiger partial charge in [-0.2, -0.15) is 0 Å². The number of hydrogen-bond donors (Lipinski definition) is 2.